The number of methoxy groups -OCH3 is 1. The molecule has 2 N–H and O–H groups in total. The molecule has 1 aliphatic carbocycles. The van der Waals surface area contributed by atoms with Gasteiger partial charge in [0.15, 0.2) is 11.5 Å². The van der Waals surface area contributed by atoms with Crippen LogP contribution in [0.1, 0.15) is 22.3 Å². The number of hydrogen-bond acceptors (Lipinski definition) is 4. The van der Waals surface area contributed by atoms with Crippen molar-refractivity contribution in [3.05, 3.63) is 89.0 Å². The van der Waals surface area contributed by atoms with Gasteiger partial charge in [-0.15, -0.1) is 0 Å². The van der Waals surface area contributed by atoms with Gasteiger partial charge in [0, 0.05) is 7.05 Å². The van der Waals surface area contributed by atoms with Crippen LogP contribution < -0.4 is 10.5 Å². The van der Waals surface area contributed by atoms with Crippen molar-refractivity contribution in [1.29, 1.82) is 0 Å². The highest BCUT2D eigenvalue weighted by molar-refractivity contribution is 6.09. The van der Waals surface area contributed by atoms with Crippen molar-refractivity contribution in [2.45, 2.75) is 18.4 Å². The maximum absolute atomic E-state index is 13.7. The molecular weight excluding hydrogens is 374 g/mol. The maximum atomic E-state index is 13.7. The standard InChI is InChI=1S/C25H23N3O2/c1-28-23(29)25(27-24(28)26)21-13-12-20(30-2)14-19(21)11-9-17-8-10-18(15-22(17)25)16-6-4-3-5-7-16/h3-8,10,12-15H,9,11H2,1-2H3,(H2,26,27). The number of rotatable bonds is 2. The van der Waals surface area contributed by atoms with Crippen molar-refractivity contribution in [3.63, 3.8) is 0 Å². The van der Waals surface area contributed by atoms with Crippen LogP contribution in [-0.2, 0) is 23.2 Å². The van der Waals surface area contributed by atoms with E-state index >= 15 is 0 Å². The van der Waals surface area contributed by atoms with E-state index in [2.05, 4.69) is 30.3 Å². The van der Waals surface area contributed by atoms with Crippen molar-refractivity contribution >= 4 is 11.9 Å². The Labute approximate surface area is 175 Å². The van der Waals surface area contributed by atoms with Gasteiger partial charge >= 0.3 is 0 Å². The van der Waals surface area contributed by atoms with Gasteiger partial charge in [0.2, 0.25) is 0 Å². The first-order chi connectivity index (χ1) is 14.5. The number of hydrogen-bond donors (Lipinski definition) is 1. The Morgan fingerprint density at radius 2 is 1.70 bits per heavy atom. The SMILES string of the molecule is COc1ccc2c(c1)CCc1ccc(-c3ccccc3)cc1C21N=C(N)N(C)C1=O. The number of benzene rings is 3. The molecule has 5 rings (SSSR count). The first-order valence-corrected chi connectivity index (χ1v) is 10.0. The number of ether oxygens (including phenoxy) is 1. The van der Waals surface area contributed by atoms with Crippen LogP contribution in [0.2, 0.25) is 0 Å². The number of likely N-dealkylation sites (N-methyl/N-ethyl adjacent to an activating group) is 1. The first-order valence-electron chi connectivity index (χ1n) is 10.0. The maximum Gasteiger partial charge on any atom is 0.266 e. The summed E-state index contributed by atoms with van der Waals surface area (Å²) in [5.74, 6) is 0.884. The average molecular weight is 397 g/mol. The number of nitrogens with zero attached hydrogens (tertiary/aromatic N) is 2. The van der Waals surface area contributed by atoms with Gasteiger partial charge in [0.1, 0.15) is 5.75 Å². The fourth-order valence-corrected chi connectivity index (χ4v) is 4.60. The van der Waals surface area contributed by atoms with E-state index in [9.17, 15) is 4.79 Å². The molecule has 3 aromatic carbocycles. The number of nitrogens with two attached hydrogens (primary N) is 1. The fraction of sp³-hybridized carbons (Fsp3) is 0.200. The molecule has 2 aliphatic rings. The normalized spacial score (nSPS) is 19.9. The molecule has 1 spiro atoms. The molecule has 3 aromatic rings. The van der Waals surface area contributed by atoms with E-state index in [1.165, 1.54) is 4.90 Å². The number of fused-ring (bicyclic) bond motifs is 4. The third-order valence-electron chi connectivity index (χ3n) is 6.21. The molecule has 0 fully saturated rings. The Balaban J connectivity index is 1.81. The van der Waals surface area contributed by atoms with Gasteiger partial charge < -0.3 is 10.5 Å². The number of carbonyl (C=O) groups is 1. The van der Waals surface area contributed by atoms with Gasteiger partial charge in [-0.2, -0.15) is 0 Å². The largest absolute Gasteiger partial charge is 0.497 e. The Hall–Kier alpha value is -3.60. The minimum atomic E-state index is -1.17. The molecule has 1 unspecified atom stereocenters. The summed E-state index contributed by atoms with van der Waals surface area (Å²) in [6.07, 6.45) is 1.62. The van der Waals surface area contributed by atoms with Crippen LogP contribution in [-0.4, -0.2) is 30.9 Å². The number of aliphatic imine (C=N–C) groups is 1. The zero-order valence-electron chi connectivity index (χ0n) is 17.1. The molecule has 150 valence electrons. The van der Waals surface area contributed by atoms with Crippen LogP contribution in [0.15, 0.2) is 71.7 Å². The van der Waals surface area contributed by atoms with E-state index < -0.39 is 5.54 Å². The Kier molecular flexibility index (Phi) is 4.13. The Morgan fingerprint density at radius 1 is 0.933 bits per heavy atom. The molecule has 0 saturated heterocycles. The number of aryl methyl sites for hydroxylation is 2. The first kappa shape index (κ1) is 18.4. The molecule has 1 heterocycles. The summed E-state index contributed by atoms with van der Waals surface area (Å²) in [5.41, 5.74) is 11.1. The summed E-state index contributed by atoms with van der Waals surface area (Å²) < 4.78 is 5.44. The summed E-state index contributed by atoms with van der Waals surface area (Å²) in [6.45, 7) is 0. The highest BCUT2D eigenvalue weighted by Gasteiger charge is 2.52. The predicted octanol–water partition coefficient (Wildman–Crippen LogP) is 3.49. The van der Waals surface area contributed by atoms with Crippen LogP contribution in [0.25, 0.3) is 11.1 Å². The monoisotopic (exact) mass is 397 g/mol. The smallest absolute Gasteiger partial charge is 0.266 e. The summed E-state index contributed by atoms with van der Waals surface area (Å²) in [7, 11) is 3.34. The van der Waals surface area contributed by atoms with Crippen molar-refractivity contribution in [3.8, 4) is 16.9 Å². The summed E-state index contributed by atoms with van der Waals surface area (Å²) >= 11 is 0. The van der Waals surface area contributed by atoms with E-state index in [0.717, 1.165) is 52.0 Å². The lowest BCUT2D eigenvalue weighted by Crippen LogP contribution is -2.41. The third-order valence-corrected chi connectivity index (χ3v) is 6.21. The lowest BCUT2D eigenvalue weighted by Gasteiger charge is -2.28. The van der Waals surface area contributed by atoms with Crippen LogP contribution in [0.5, 0.6) is 5.75 Å². The van der Waals surface area contributed by atoms with Crippen LogP contribution in [0.3, 0.4) is 0 Å². The number of amides is 1. The minimum absolute atomic E-state index is 0.125. The van der Waals surface area contributed by atoms with Crippen molar-refractivity contribution in [1.82, 2.24) is 4.90 Å². The Morgan fingerprint density at radius 3 is 2.40 bits per heavy atom. The summed E-state index contributed by atoms with van der Waals surface area (Å²) in [4.78, 5) is 19.9. The summed E-state index contributed by atoms with van der Waals surface area (Å²) in [5, 5.41) is 0. The molecule has 1 atom stereocenters. The lowest BCUT2D eigenvalue weighted by atomic mass is 9.79. The molecular formula is C25H23N3O2. The molecule has 0 radical (unpaired) electrons. The molecule has 1 aliphatic heterocycles. The van der Waals surface area contributed by atoms with Crippen molar-refractivity contribution < 1.29 is 9.53 Å². The molecule has 30 heavy (non-hydrogen) atoms. The highest BCUT2D eigenvalue weighted by atomic mass is 16.5. The van der Waals surface area contributed by atoms with E-state index in [-0.39, 0.29) is 11.9 Å². The summed E-state index contributed by atoms with van der Waals surface area (Å²) in [6, 6.07) is 22.4. The van der Waals surface area contributed by atoms with E-state index in [0.29, 0.717) is 0 Å². The second-order valence-electron chi connectivity index (χ2n) is 7.81. The molecule has 0 bridgehead atoms. The quantitative estimate of drug-likeness (QED) is 0.720. The van der Waals surface area contributed by atoms with E-state index in [4.69, 9.17) is 15.5 Å². The molecule has 0 saturated carbocycles. The van der Waals surface area contributed by atoms with Gasteiger partial charge in [-0.05, 0) is 64.4 Å². The topological polar surface area (TPSA) is 67.9 Å². The Bertz CT molecular complexity index is 1190. The lowest BCUT2D eigenvalue weighted by molar-refractivity contribution is -0.129. The highest BCUT2D eigenvalue weighted by Crippen LogP contribution is 2.46. The molecule has 1 amide bonds. The van der Waals surface area contributed by atoms with Crippen LogP contribution >= 0.6 is 0 Å². The van der Waals surface area contributed by atoms with E-state index in [1.807, 2.05) is 36.4 Å². The van der Waals surface area contributed by atoms with Gasteiger partial charge in [-0.3, -0.25) is 9.69 Å². The fourth-order valence-electron chi connectivity index (χ4n) is 4.60. The second kappa shape index (κ2) is 6.73. The molecule has 5 heteroatoms. The molecule has 0 aromatic heterocycles. The van der Waals surface area contributed by atoms with Crippen LogP contribution in [0.4, 0.5) is 0 Å². The number of guanidine groups is 1. The zero-order chi connectivity index (χ0) is 20.9. The van der Waals surface area contributed by atoms with Gasteiger partial charge in [-0.25, -0.2) is 4.99 Å². The van der Waals surface area contributed by atoms with Crippen molar-refractivity contribution in [2.75, 3.05) is 14.2 Å². The second-order valence-corrected chi connectivity index (χ2v) is 7.81. The van der Waals surface area contributed by atoms with E-state index in [1.54, 1.807) is 14.2 Å². The minimum Gasteiger partial charge on any atom is -0.497 e. The zero-order valence-corrected chi connectivity index (χ0v) is 17.1. The van der Waals surface area contributed by atoms with Gasteiger partial charge in [0.25, 0.3) is 5.91 Å². The predicted molar refractivity (Wildman–Crippen MR) is 117 cm³/mol. The van der Waals surface area contributed by atoms with Crippen LogP contribution in [0, 0.1) is 0 Å². The van der Waals surface area contributed by atoms with Crippen molar-refractivity contribution in [2.24, 2.45) is 10.7 Å². The average Bonchev–Trinajstić information content (AvgIpc) is 2.94. The van der Waals surface area contributed by atoms with Gasteiger partial charge in [-0.1, -0.05) is 48.5 Å². The molecule has 5 nitrogen and oxygen atoms in total. The third kappa shape index (κ3) is 2.55. The number of carbonyl (C=O) groups excluding carboxylic acids is 1. The van der Waals surface area contributed by atoms with Gasteiger partial charge in [0.05, 0.1) is 7.11 Å².